The second-order valence-corrected chi connectivity index (χ2v) is 3.12. The lowest BCUT2D eigenvalue weighted by Crippen LogP contribution is -2.32. The second kappa shape index (κ2) is 2.47. The largest absolute Gasteiger partial charge is 0.366 e. The van der Waals surface area contributed by atoms with Gasteiger partial charge in [0.2, 0.25) is 0 Å². The van der Waals surface area contributed by atoms with E-state index in [0.29, 0.717) is 6.42 Å². The van der Waals surface area contributed by atoms with Crippen molar-refractivity contribution in [3.63, 3.8) is 0 Å². The first-order valence-corrected chi connectivity index (χ1v) is 4.03. The zero-order valence-electron chi connectivity index (χ0n) is 6.26. The monoisotopic (exact) mass is 159 g/mol. The molecule has 0 saturated carbocycles. The molecule has 1 nitrogen and oxygen atoms in total. The molecule has 11 heavy (non-hydrogen) atoms. The average Bonchev–Trinajstić information content (AvgIpc) is 2.41. The van der Waals surface area contributed by atoms with Crippen molar-refractivity contribution in [2.45, 2.75) is 31.7 Å². The average molecular weight is 159 g/mol. The van der Waals surface area contributed by atoms with Crippen LogP contribution in [0.5, 0.6) is 0 Å². The molecule has 1 saturated heterocycles. The Morgan fingerprint density at radius 2 is 2.36 bits per heavy atom. The van der Waals surface area contributed by atoms with E-state index in [2.05, 4.69) is 6.08 Å². The van der Waals surface area contributed by atoms with Crippen molar-refractivity contribution >= 4 is 0 Å². The van der Waals surface area contributed by atoms with Gasteiger partial charge in [0.1, 0.15) is 0 Å². The lowest BCUT2D eigenvalue weighted by molar-refractivity contribution is 0.0595. The molecule has 0 N–H and O–H groups in total. The molecule has 0 aromatic carbocycles. The third-order valence-corrected chi connectivity index (χ3v) is 2.51. The number of hydrogen-bond acceptors (Lipinski definition) is 1. The number of nitrogens with zero attached hydrogens (tertiary/aromatic N) is 1. The van der Waals surface area contributed by atoms with E-state index in [4.69, 9.17) is 0 Å². The molecule has 0 aromatic heterocycles. The van der Waals surface area contributed by atoms with Crippen LogP contribution in [-0.4, -0.2) is 23.9 Å². The van der Waals surface area contributed by atoms with E-state index in [-0.39, 0.29) is 0 Å². The van der Waals surface area contributed by atoms with Crippen LogP contribution in [0.2, 0.25) is 0 Å². The first kappa shape index (κ1) is 7.07. The van der Waals surface area contributed by atoms with Crippen LogP contribution in [0.15, 0.2) is 11.8 Å². The summed E-state index contributed by atoms with van der Waals surface area (Å²) in [6.07, 6.45) is 2.37. The molecular formula is C8H11F2N. The van der Waals surface area contributed by atoms with Crippen LogP contribution in [0.4, 0.5) is 8.78 Å². The highest BCUT2D eigenvalue weighted by Crippen LogP contribution is 2.34. The standard InChI is InChI=1S/C8H11F2N/c9-8(10)7-4-3-6-2-1-5-11(6)7/h2,7-8H,1,3-5H2. The van der Waals surface area contributed by atoms with Gasteiger partial charge in [0, 0.05) is 12.2 Å². The number of halogens is 2. The minimum atomic E-state index is -2.17. The topological polar surface area (TPSA) is 3.24 Å². The summed E-state index contributed by atoms with van der Waals surface area (Å²) in [5.74, 6) is 0. The zero-order valence-corrected chi connectivity index (χ0v) is 6.26. The molecule has 62 valence electrons. The first-order chi connectivity index (χ1) is 5.29. The third kappa shape index (κ3) is 1.03. The van der Waals surface area contributed by atoms with E-state index in [1.807, 2.05) is 4.90 Å². The maximum atomic E-state index is 12.3. The molecule has 2 aliphatic rings. The van der Waals surface area contributed by atoms with Crippen molar-refractivity contribution in [3.8, 4) is 0 Å². The van der Waals surface area contributed by atoms with Gasteiger partial charge in [0.15, 0.2) is 0 Å². The molecule has 3 heteroatoms. The first-order valence-electron chi connectivity index (χ1n) is 4.03. The maximum Gasteiger partial charge on any atom is 0.258 e. The van der Waals surface area contributed by atoms with Crippen molar-refractivity contribution in [3.05, 3.63) is 11.8 Å². The molecule has 0 amide bonds. The molecule has 0 aromatic rings. The molecule has 1 fully saturated rings. The van der Waals surface area contributed by atoms with Gasteiger partial charge in [-0.2, -0.15) is 0 Å². The van der Waals surface area contributed by atoms with E-state index >= 15 is 0 Å². The lowest BCUT2D eigenvalue weighted by atomic mass is 10.2. The predicted octanol–water partition coefficient (Wildman–Crippen LogP) is 2.00. The van der Waals surface area contributed by atoms with Crippen molar-refractivity contribution in [1.82, 2.24) is 4.90 Å². The van der Waals surface area contributed by atoms with E-state index in [1.165, 1.54) is 0 Å². The minimum absolute atomic E-state index is 0.483. The van der Waals surface area contributed by atoms with E-state index in [1.54, 1.807) is 0 Å². The summed E-state index contributed by atoms with van der Waals surface area (Å²) in [6.45, 7) is 0.810. The fourth-order valence-electron chi connectivity index (χ4n) is 1.97. The van der Waals surface area contributed by atoms with Gasteiger partial charge in [-0.25, -0.2) is 8.78 Å². The van der Waals surface area contributed by atoms with Crippen LogP contribution in [0.25, 0.3) is 0 Å². The summed E-state index contributed by atoms with van der Waals surface area (Å²) in [7, 11) is 0. The van der Waals surface area contributed by atoms with Gasteiger partial charge in [-0.3, -0.25) is 0 Å². The Balaban J connectivity index is 2.11. The highest BCUT2D eigenvalue weighted by Gasteiger charge is 2.35. The van der Waals surface area contributed by atoms with Crippen LogP contribution in [0, 0.1) is 0 Å². The summed E-state index contributed by atoms with van der Waals surface area (Å²) in [5.41, 5.74) is 1.15. The quantitative estimate of drug-likeness (QED) is 0.565. The Labute approximate surface area is 64.7 Å². The molecule has 0 radical (unpaired) electrons. The smallest absolute Gasteiger partial charge is 0.258 e. The Morgan fingerprint density at radius 1 is 1.55 bits per heavy atom. The Morgan fingerprint density at radius 3 is 3.09 bits per heavy atom. The van der Waals surface area contributed by atoms with Gasteiger partial charge in [0.25, 0.3) is 6.43 Å². The Hall–Kier alpha value is -0.600. The van der Waals surface area contributed by atoms with Gasteiger partial charge < -0.3 is 4.90 Å². The fourth-order valence-corrected chi connectivity index (χ4v) is 1.97. The van der Waals surface area contributed by atoms with Crippen LogP contribution in [0.1, 0.15) is 19.3 Å². The molecule has 2 rings (SSSR count). The lowest BCUT2D eigenvalue weighted by Gasteiger charge is -2.22. The Bertz CT molecular complexity index is 189. The van der Waals surface area contributed by atoms with Gasteiger partial charge in [0.05, 0.1) is 6.04 Å². The summed E-state index contributed by atoms with van der Waals surface area (Å²) in [4.78, 5) is 1.87. The normalized spacial score (nSPS) is 29.5. The van der Waals surface area contributed by atoms with Crippen molar-refractivity contribution in [2.75, 3.05) is 6.54 Å². The number of fused-ring (bicyclic) bond motifs is 1. The van der Waals surface area contributed by atoms with E-state index in [9.17, 15) is 8.78 Å². The number of alkyl halides is 2. The highest BCUT2D eigenvalue weighted by molar-refractivity contribution is 5.14. The summed E-state index contributed by atoms with van der Waals surface area (Å²) >= 11 is 0. The van der Waals surface area contributed by atoms with Gasteiger partial charge in [-0.15, -0.1) is 0 Å². The SMILES string of the molecule is FC(F)C1CCC2=CCCN21. The molecule has 1 atom stereocenters. The van der Waals surface area contributed by atoms with Gasteiger partial charge in [-0.05, 0) is 19.3 Å². The predicted molar refractivity (Wildman–Crippen MR) is 38.4 cm³/mol. The van der Waals surface area contributed by atoms with Crippen molar-refractivity contribution in [2.24, 2.45) is 0 Å². The van der Waals surface area contributed by atoms with Crippen LogP contribution in [0.3, 0.4) is 0 Å². The Kier molecular flexibility index (Phi) is 1.59. The molecular weight excluding hydrogens is 148 g/mol. The summed E-state index contributed by atoms with van der Waals surface area (Å²) < 4.78 is 24.6. The molecule has 0 spiro atoms. The molecule has 0 bridgehead atoms. The summed E-state index contributed by atoms with van der Waals surface area (Å²) in [6, 6.07) is -0.483. The van der Waals surface area contributed by atoms with Crippen molar-refractivity contribution in [1.29, 1.82) is 0 Å². The number of hydrogen-bond donors (Lipinski definition) is 0. The summed E-state index contributed by atoms with van der Waals surface area (Å²) in [5, 5.41) is 0. The van der Waals surface area contributed by atoms with Crippen LogP contribution >= 0.6 is 0 Å². The van der Waals surface area contributed by atoms with Crippen molar-refractivity contribution < 1.29 is 8.78 Å². The second-order valence-electron chi connectivity index (χ2n) is 3.12. The van der Waals surface area contributed by atoms with Crippen LogP contribution < -0.4 is 0 Å². The van der Waals surface area contributed by atoms with E-state index < -0.39 is 12.5 Å². The third-order valence-electron chi connectivity index (χ3n) is 2.51. The molecule has 0 aliphatic carbocycles. The molecule has 2 heterocycles. The van der Waals surface area contributed by atoms with E-state index in [0.717, 1.165) is 25.1 Å². The molecule has 1 unspecified atom stereocenters. The van der Waals surface area contributed by atoms with Gasteiger partial charge in [-0.1, -0.05) is 6.08 Å². The molecule has 2 aliphatic heterocycles. The van der Waals surface area contributed by atoms with Crippen LogP contribution in [-0.2, 0) is 0 Å². The zero-order chi connectivity index (χ0) is 7.84. The maximum absolute atomic E-state index is 12.3. The minimum Gasteiger partial charge on any atom is -0.366 e. The highest BCUT2D eigenvalue weighted by atomic mass is 19.3. The fraction of sp³-hybridized carbons (Fsp3) is 0.750. The number of rotatable bonds is 1. The number of allylic oxidation sites excluding steroid dienone is 1. The van der Waals surface area contributed by atoms with Gasteiger partial charge >= 0.3 is 0 Å².